The number of carbonyl (C=O) groups is 2. The molecular weight excluding hydrogens is 296 g/mol. The fraction of sp³-hybridized carbons (Fsp3) is 0.438. The maximum Gasteiger partial charge on any atom is 0.310 e. The fourth-order valence-corrected chi connectivity index (χ4v) is 2.85. The van der Waals surface area contributed by atoms with Crippen LogP contribution in [0.4, 0.5) is 0 Å². The number of hydrogen-bond donors (Lipinski definition) is 1. The van der Waals surface area contributed by atoms with Crippen LogP contribution in [0.3, 0.4) is 0 Å². The van der Waals surface area contributed by atoms with Crippen LogP contribution < -0.4 is 5.43 Å². The maximum absolute atomic E-state index is 12.5. The molecule has 23 heavy (non-hydrogen) atoms. The number of nitrogens with one attached hydrogen (secondary N) is 1. The third-order valence-corrected chi connectivity index (χ3v) is 3.95. The highest BCUT2D eigenvalue weighted by Crippen LogP contribution is 2.17. The molecule has 1 aliphatic heterocycles. The van der Waals surface area contributed by atoms with E-state index in [4.69, 9.17) is 4.74 Å². The molecule has 1 fully saturated rings. The number of pyridine rings is 1. The minimum Gasteiger partial charge on any atom is -0.466 e. The van der Waals surface area contributed by atoms with Crippen LogP contribution in [0, 0.1) is 5.92 Å². The van der Waals surface area contributed by atoms with Gasteiger partial charge in [-0.05, 0) is 38.0 Å². The zero-order valence-electron chi connectivity index (χ0n) is 13.1. The quantitative estimate of drug-likeness (QED) is 0.859. The van der Waals surface area contributed by atoms with Crippen LogP contribution in [0.15, 0.2) is 30.5 Å². The first-order chi connectivity index (χ1) is 11.2. The number of hydrazine groups is 1. The van der Waals surface area contributed by atoms with E-state index in [0.717, 1.165) is 24.9 Å². The summed E-state index contributed by atoms with van der Waals surface area (Å²) in [5.41, 5.74) is 4.20. The Morgan fingerprint density at radius 2 is 2.26 bits per heavy atom. The lowest BCUT2D eigenvalue weighted by Crippen LogP contribution is -2.49. The van der Waals surface area contributed by atoms with Crippen molar-refractivity contribution in [2.24, 2.45) is 5.92 Å². The molecule has 0 aromatic carbocycles. The van der Waals surface area contributed by atoms with Gasteiger partial charge in [0.1, 0.15) is 5.69 Å². The number of fused-ring (bicyclic) bond motifs is 1. The Hall–Kier alpha value is -2.41. The molecule has 7 heteroatoms. The molecule has 7 nitrogen and oxygen atoms in total. The molecule has 122 valence electrons. The number of ether oxygens (including phenoxy) is 1. The number of hydrogen-bond acceptors (Lipinski definition) is 5. The summed E-state index contributed by atoms with van der Waals surface area (Å²) in [5.74, 6) is -0.617. The molecule has 1 amide bonds. The van der Waals surface area contributed by atoms with Crippen LogP contribution in [0.1, 0.15) is 30.3 Å². The second-order valence-electron chi connectivity index (χ2n) is 5.56. The SMILES string of the molecule is CCOC(=O)[C@@H]1CCCN(NC(=O)c2cccc3ccnn23)C1. The Balaban J connectivity index is 1.68. The van der Waals surface area contributed by atoms with Gasteiger partial charge < -0.3 is 4.74 Å². The van der Waals surface area contributed by atoms with Crippen molar-refractivity contribution in [2.75, 3.05) is 19.7 Å². The van der Waals surface area contributed by atoms with E-state index in [1.807, 2.05) is 18.2 Å². The van der Waals surface area contributed by atoms with Crippen molar-refractivity contribution >= 4 is 17.4 Å². The van der Waals surface area contributed by atoms with Gasteiger partial charge in [0.2, 0.25) is 0 Å². The predicted molar refractivity (Wildman–Crippen MR) is 83.6 cm³/mol. The van der Waals surface area contributed by atoms with E-state index in [0.29, 0.717) is 18.8 Å². The summed E-state index contributed by atoms with van der Waals surface area (Å²) in [6.07, 6.45) is 3.29. The normalized spacial score (nSPS) is 18.7. The van der Waals surface area contributed by atoms with E-state index in [1.165, 1.54) is 0 Å². The second-order valence-corrected chi connectivity index (χ2v) is 5.56. The molecule has 1 N–H and O–H groups in total. The van der Waals surface area contributed by atoms with Crippen molar-refractivity contribution in [3.05, 3.63) is 36.2 Å². The summed E-state index contributed by atoms with van der Waals surface area (Å²) in [7, 11) is 0. The summed E-state index contributed by atoms with van der Waals surface area (Å²) < 4.78 is 6.67. The molecule has 0 spiro atoms. The Morgan fingerprint density at radius 3 is 3.09 bits per heavy atom. The summed E-state index contributed by atoms with van der Waals surface area (Å²) in [6, 6.07) is 7.28. The molecule has 2 aromatic rings. The average molecular weight is 316 g/mol. The number of rotatable bonds is 4. The summed E-state index contributed by atoms with van der Waals surface area (Å²) in [4.78, 5) is 24.4. The molecular formula is C16H20N4O3. The smallest absolute Gasteiger partial charge is 0.310 e. The summed E-state index contributed by atoms with van der Waals surface area (Å²) in [6.45, 7) is 3.37. The largest absolute Gasteiger partial charge is 0.466 e. The van der Waals surface area contributed by atoms with Gasteiger partial charge in [-0.25, -0.2) is 9.52 Å². The van der Waals surface area contributed by atoms with E-state index >= 15 is 0 Å². The van der Waals surface area contributed by atoms with Crippen LogP contribution >= 0.6 is 0 Å². The van der Waals surface area contributed by atoms with Gasteiger partial charge in [0, 0.05) is 13.1 Å². The molecule has 0 unspecified atom stereocenters. The van der Waals surface area contributed by atoms with E-state index < -0.39 is 0 Å². The lowest BCUT2D eigenvalue weighted by molar-refractivity contribution is -0.150. The number of carbonyl (C=O) groups excluding carboxylic acids is 2. The van der Waals surface area contributed by atoms with Crippen LogP contribution in [0.25, 0.3) is 5.52 Å². The molecule has 0 bridgehead atoms. The molecule has 1 aliphatic rings. The number of nitrogens with zero attached hydrogens (tertiary/aromatic N) is 3. The molecule has 3 heterocycles. The lowest BCUT2D eigenvalue weighted by atomic mass is 9.99. The van der Waals surface area contributed by atoms with E-state index in [-0.39, 0.29) is 17.8 Å². The molecule has 0 saturated carbocycles. The van der Waals surface area contributed by atoms with Gasteiger partial charge in [-0.3, -0.25) is 15.0 Å². The van der Waals surface area contributed by atoms with Crippen molar-refractivity contribution in [2.45, 2.75) is 19.8 Å². The lowest BCUT2D eigenvalue weighted by Gasteiger charge is -2.31. The molecule has 1 saturated heterocycles. The van der Waals surface area contributed by atoms with E-state index in [9.17, 15) is 9.59 Å². The molecule has 1 atom stereocenters. The van der Waals surface area contributed by atoms with Crippen LogP contribution in [0.2, 0.25) is 0 Å². The molecule has 3 rings (SSSR count). The van der Waals surface area contributed by atoms with Gasteiger partial charge in [0.05, 0.1) is 24.2 Å². The second kappa shape index (κ2) is 6.78. The number of esters is 1. The average Bonchev–Trinajstić information content (AvgIpc) is 3.03. The van der Waals surface area contributed by atoms with Gasteiger partial charge in [0.25, 0.3) is 5.91 Å². The van der Waals surface area contributed by atoms with Crippen molar-refractivity contribution in [1.29, 1.82) is 0 Å². The van der Waals surface area contributed by atoms with Crippen LogP contribution in [0.5, 0.6) is 0 Å². The Morgan fingerprint density at radius 1 is 1.39 bits per heavy atom. The number of piperidine rings is 1. The van der Waals surface area contributed by atoms with E-state index in [2.05, 4.69) is 10.5 Å². The van der Waals surface area contributed by atoms with Crippen LogP contribution in [-0.4, -0.2) is 46.2 Å². The standard InChI is InChI=1S/C16H20N4O3/c1-2-23-16(22)12-5-4-10-19(11-12)18-15(21)14-7-3-6-13-8-9-17-20(13)14/h3,6-9,12H,2,4-5,10-11H2,1H3,(H,18,21)/t12-/m1/s1. The monoisotopic (exact) mass is 316 g/mol. The first-order valence-electron chi connectivity index (χ1n) is 7.84. The third-order valence-electron chi connectivity index (χ3n) is 3.95. The van der Waals surface area contributed by atoms with Gasteiger partial charge in [-0.15, -0.1) is 0 Å². The van der Waals surface area contributed by atoms with Gasteiger partial charge in [-0.2, -0.15) is 5.10 Å². The highest BCUT2D eigenvalue weighted by Gasteiger charge is 2.28. The first-order valence-corrected chi connectivity index (χ1v) is 7.84. The topological polar surface area (TPSA) is 75.9 Å². The molecule has 2 aromatic heterocycles. The Bertz CT molecular complexity index is 712. The molecule has 0 aliphatic carbocycles. The van der Waals surface area contributed by atoms with E-state index in [1.54, 1.807) is 28.7 Å². The minimum absolute atomic E-state index is 0.190. The predicted octanol–water partition coefficient (Wildman–Crippen LogP) is 1.25. The zero-order chi connectivity index (χ0) is 16.2. The Labute approximate surface area is 134 Å². The van der Waals surface area contributed by atoms with Gasteiger partial charge in [-0.1, -0.05) is 6.07 Å². The van der Waals surface area contributed by atoms with Crippen molar-refractivity contribution in [1.82, 2.24) is 20.0 Å². The van der Waals surface area contributed by atoms with Gasteiger partial charge in [0.15, 0.2) is 0 Å². The van der Waals surface area contributed by atoms with Crippen molar-refractivity contribution in [3.8, 4) is 0 Å². The zero-order valence-corrected chi connectivity index (χ0v) is 13.1. The van der Waals surface area contributed by atoms with Gasteiger partial charge >= 0.3 is 5.97 Å². The highest BCUT2D eigenvalue weighted by molar-refractivity contribution is 5.92. The van der Waals surface area contributed by atoms with Crippen molar-refractivity contribution < 1.29 is 14.3 Å². The number of amides is 1. The Kier molecular flexibility index (Phi) is 4.57. The summed E-state index contributed by atoms with van der Waals surface area (Å²) >= 11 is 0. The number of aromatic nitrogens is 2. The third kappa shape index (κ3) is 3.34. The fourth-order valence-electron chi connectivity index (χ4n) is 2.85. The first kappa shape index (κ1) is 15.5. The summed E-state index contributed by atoms with van der Waals surface area (Å²) in [5, 5.41) is 5.95. The van der Waals surface area contributed by atoms with Crippen molar-refractivity contribution in [3.63, 3.8) is 0 Å². The molecule has 0 radical (unpaired) electrons. The minimum atomic E-state index is -0.233. The van der Waals surface area contributed by atoms with Crippen LogP contribution in [-0.2, 0) is 9.53 Å². The maximum atomic E-state index is 12.5. The highest BCUT2D eigenvalue weighted by atomic mass is 16.5.